The van der Waals surface area contributed by atoms with Crippen molar-refractivity contribution >= 4 is 52.1 Å². The molecule has 1 aliphatic rings. The first-order chi connectivity index (χ1) is 14.4. The van der Waals surface area contributed by atoms with E-state index in [-0.39, 0.29) is 10.9 Å². The van der Waals surface area contributed by atoms with Crippen molar-refractivity contribution in [1.82, 2.24) is 10.6 Å². The van der Waals surface area contributed by atoms with Gasteiger partial charge in [-0.05, 0) is 36.5 Å². The van der Waals surface area contributed by atoms with Crippen LogP contribution in [-0.4, -0.2) is 36.3 Å². The van der Waals surface area contributed by atoms with Crippen molar-refractivity contribution in [2.24, 2.45) is 0 Å². The van der Waals surface area contributed by atoms with Crippen LogP contribution in [0.15, 0.2) is 59.2 Å². The van der Waals surface area contributed by atoms with Gasteiger partial charge < -0.3 is 29.8 Å². The summed E-state index contributed by atoms with van der Waals surface area (Å²) in [5, 5.41) is 9.42. The molecule has 1 amide bonds. The minimum Gasteiger partial charge on any atom is -0.495 e. The Bertz CT molecular complexity index is 994. The summed E-state index contributed by atoms with van der Waals surface area (Å²) >= 11 is 18.4. The molecule has 2 atom stereocenters. The lowest BCUT2D eigenvalue weighted by molar-refractivity contribution is 0.0910. The topological polar surface area (TPSA) is 84.8 Å². The van der Waals surface area contributed by atoms with E-state index < -0.39 is 16.9 Å². The first-order valence-electron chi connectivity index (χ1n) is 8.76. The lowest BCUT2D eigenvalue weighted by Crippen LogP contribution is -2.58. The lowest BCUT2D eigenvalue weighted by atomic mass is 10.0. The van der Waals surface area contributed by atoms with E-state index in [1.807, 2.05) is 0 Å². The van der Waals surface area contributed by atoms with Crippen LogP contribution >= 0.6 is 35.4 Å². The molecule has 0 fully saturated rings. The van der Waals surface area contributed by atoms with Gasteiger partial charge in [0.05, 0.1) is 37.2 Å². The maximum atomic E-state index is 12.4. The Balaban J connectivity index is 1.74. The average Bonchev–Trinajstić information content (AvgIpc) is 3.25. The number of anilines is 1. The van der Waals surface area contributed by atoms with Crippen molar-refractivity contribution in [3.8, 4) is 11.5 Å². The summed E-state index contributed by atoms with van der Waals surface area (Å²) in [4.78, 5) is 11.2. The standard InChI is InChI=1S/C20H19Cl2N3O4S/c1-27-15-11-16(28-2)13(10-12(15)21)23-19(30)25-20(22)8-4-3-7-17(20)24-18(26)14-6-5-9-29-14/h3-11,17H,1-2H3,(H,24,26)(H2,23,25,30). The summed E-state index contributed by atoms with van der Waals surface area (Å²) in [7, 11) is 3.03. The normalized spacial score (nSPS) is 19.8. The zero-order valence-corrected chi connectivity index (χ0v) is 18.4. The smallest absolute Gasteiger partial charge is 0.287 e. The highest BCUT2D eigenvalue weighted by Crippen LogP contribution is 2.36. The van der Waals surface area contributed by atoms with E-state index in [4.69, 9.17) is 49.3 Å². The molecule has 30 heavy (non-hydrogen) atoms. The number of hydrogen-bond acceptors (Lipinski definition) is 5. The van der Waals surface area contributed by atoms with Crippen LogP contribution < -0.4 is 25.4 Å². The van der Waals surface area contributed by atoms with Gasteiger partial charge in [0.2, 0.25) is 0 Å². The van der Waals surface area contributed by atoms with Crippen molar-refractivity contribution in [1.29, 1.82) is 0 Å². The molecule has 1 aromatic carbocycles. The first kappa shape index (κ1) is 22.0. The number of benzene rings is 1. The molecule has 7 nitrogen and oxygen atoms in total. The van der Waals surface area contributed by atoms with Crippen molar-refractivity contribution in [2.45, 2.75) is 11.0 Å². The average molecular weight is 468 g/mol. The third-order valence-electron chi connectivity index (χ3n) is 4.26. The van der Waals surface area contributed by atoms with Crippen molar-refractivity contribution < 1.29 is 18.7 Å². The Kier molecular flexibility index (Phi) is 6.91. The largest absolute Gasteiger partial charge is 0.495 e. The number of carbonyl (C=O) groups excluding carboxylic acids is 1. The number of rotatable bonds is 6. The monoisotopic (exact) mass is 467 g/mol. The lowest BCUT2D eigenvalue weighted by Gasteiger charge is -2.35. The Morgan fingerprint density at radius 3 is 2.67 bits per heavy atom. The number of ether oxygens (including phenoxy) is 2. The summed E-state index contributed by atoms with van der Waals surface area (Å²) in [6.45, 7) is 0. The molecule has 2 unspecified atom stereocenters. The molecule has 2 aromatic rings. The fourth-order valence-corrected chi connectivity index (χ4v) is 3.66. The predicted molar refractivity (Wildman–Crippen MR) is 121 cm³/mol. The molecule has 1 aliphatic carbocycles. The van der Waals surface area contributed by atoms with E-state index >= 15 is 0 Å². The van der Waals surface area contributed by atoms with Gasteiger partial charge in [0.25, 0.3) is 5.91 Å². The molecule has 1 heterocycles. The molecule has 10 heteroatoms. The Hall–Kier alpha value is -2.68. The van der Waals surface area contributed by atoms with Gasteiger partial charge in [-0.15, -0.1) is 0 Å². The molecule has 0 radical (unpaired) electrons. The predicted octanol–water partition coefficient (Wildman–Crippen LogP) is 4.10. The van der Waals surface area contributed by atoms with Crippen LogP contribution in [0.2, 0.25) is 5.02 Å². The van der Waals surface area contributed by atoms with Crippen LogP contribution in [-0.2, 0) is 0 Å². The molecule has 0 aliphatic heterocycles. The van der Waals surface area contributed by atoms with Crippen LogP contribution in [0.5, 0.6) is 11.5 Å². The molecule has 1 aromatic heterocycles. The molecule has 158 valence electrons. The molecule has 3 rings (SSSR count). The molecule has 3 N–H and O–H groups in total. The van der Waals surface area contributed by atoms with Gasteiger partial charge in [-0.25, -0.2) is 0 Å². The Labute approximate surface area is 189 Å². The van der Waals surface area contributed by atoms with Gasteiger partial charge in [0.1, 0.15) is 11.5 Å². The second kappa shape index (κ2) is 9.42. The maximum absolute atomic E-state index is 12.4. The third-order valence-corrected chi connectivity index (χ3v) is 5.22. The molecule has 0 spiro atoms. The fourth-order valence-electron chi connectivity index (χ4n) is 2.79. The second-order valence-corrected chi connectivity index (χ2v) is 7.65. The summed E-state index contributed by atoms with van der Waals surface area (Å²) in [5.74, 6) is 0.716. The van der Waals surface area contributed by atoms with Gasteiger partial charge in [-0.3, -0.25) is 4.79 Å². The quantitative estimate of drug-likeness (QED) is 0.335. The van der Waals surface area contributed by atoms with Crippen molar-refractivity contribution in [2.75, 3.05) is 19.5 Å². The van der Waals surface area contributed by atoms with Crippen LogP contribution in [0.25, 0.3) is 0 Å². The van der Waals surface area contributed by atoms with Crippen LogP contribution in [0.4, 0.5) is 5.69 Å². The van der Waals surface area contributed by atoms with Crippen LogP contribution in [0.3, 0.4) is 0 Å². The van der Waals surface area contributed by atoms with Crippen molar-refractivity contribution in [3.63, 3.8) is 0 Å². The first-order valence-corrected chi connectivity index (χ1v) is 9.92. The Morgan fingerprint density at radius 1 is 1.23 bits per heavy atom. The summed E-state index contributed by atoms with van der Waals surface area (Å²) in [6, 6.07) is 5.85. The molecule has 0 saturated heterocycles. The van der Waals surface area contributed by atoms with Gasteiger partial charge in [-0.2, -0.15) is 0 Å². The summed E-state index contributed by atoms with van der Waals surface area (Å²) in [5.41, 5.74) is 0.521. The van der Waals surface area contributed by atoms with Gasteiger partial charge in [0.15, 0.2) is 15.9 Å². The van der Waals surface area contributed by atoms with E-state index in [0.29, 0.717) is 22.2 Å². The Morgan fingerprint density at radius 2 is 2.00 bits per heavy atom. The van der Waals surface area contributed by atoms with E-state index in [1.54, 1.807) is 48.6 Å². The molecular formula is C20H19Cl2N3O4S. The minimum atomic E-state index is -1.22. The van der Waals surface area contributed by atoms with E-state index in [9.17, 15) is 4.79 Å². The van der Waals surface area contributed by atoms with Gasteiger partial charge in [-0.1, -0.05) is 41.4 Å². The minimum absolute atomic E-state index is 0.176. The number of thiocarbonyl (C=S) groups is 1. The number of amides is 1. The van der Waals surface area contributed by atoms with E-state index in [2.05, 4.69) is 16.0 Å². The summed E-state index contributed by atoms with van der Waals surface area (Å²) in [6.07, 6.45) is 8.38. The summed E-state index contributed by atoms with van der Waals surface area (Å²) < 4.78 is 15.7. The number of carbonyl (C=O) groups is 1. The number of halogens is 2. The zero-order valence-electron chi connectivity index (χ0n) is 16.1. The van der Waals surface area contributed by atoms with Crippen LogP contribution in [0, 0.1) is 0 Å². The van der Waals surface area contributed by atoms with Gasteiger partial charge >= 0.3 is 0 Å². The second-order valence-electron chi connectivity index (χ2n) is 6.21. The number of methoxy groups -OCH3 is 2. The number of alkyl halides is 1. The highest BCUT2D eigenvalue weighted by Gasteiger charge is 2.36. The number of allylic oxidation sites excluding steroid dienone is 2. The maximum Gasteiger partial charge on any atom is 0.287 e. The highest BCUT2D eigenvalue weighted by molar-refractivity contribution is 7.80. The fraction of sp³-hybridized carbons (Fsp3) is 0.200. The van der Waals surface area contributed by atoms with Crippen LogP contribution in [0.1, 0.15) is 10.6 Å². The zero-order chi connectivity index (χ0) is 21.7. The van der Waals surface area contributed by atoms with Crippen molar-refractivity contribution in [3.05, 3.63) is 65.6 Å². The number of nitrogens with one attached hydrogen (secondary N) is 3. The number of hydrogen-bond donors (Lipinski definition) is 3. The molecular weight excluding hydrogens is 449 g/mol. The SMILES string of the molecule is COc1cc(OC)c(NC(=S)NC2(Cl)C=CC=CC2NC(=O)c2ccco2)cc1Cl. The molecule has 0 bridgehead atoms. The highest BCUT2D eigenvalue weighted by atomic mass is 35.5. The van der Waals surface area contributed by atoms with E-state index in [0.717, 1.165) is 0 Å². The molecule has 0 saturated carbocycles. The van der Waals surface area contributed by atoms with Gasteiger partial charge in [0, 0.05) is 6.07 Å². The van der Waals surface area contributed by atoms with E-state index in [1.165, 1.54) is 20.5 Å². The third kappa shape index (κ3) is 4.89. The number of furan rings is 1.